The molecule has 0 radical (unpaired) electrons. The van der Waals surface area contributed by atoms with Crippen molar-refractivity contribution in [2.24, 2.45) is 11.8 Å². The van der Waals surface area contributed by atoms with Gasteiger partial charge in [0.25, 0.3) is 0 Å². The number of piperidine rings is 3. The van der Waals surface area contributed by atoms with E-state index in [1.54, 1.807) is 12.1 Å². The first-order valence-corrected chi connectivity index (χ1v) is 8.47. The Hall–Kier alpha value is -2.11. The van der Waals surface area contributed by atoms with Crippen molar-refractivity contribution in [3.05, 3.63) is 52.8 Å². The lowest BCUT2D eigenvalue weighted by Crippen LogP contribution is -2.54. The first-order valence-electron chi connectivity index (χ1n) is 8.47. The monoisotopic (exact) mass is 326 g/mol. The Balaban J connectivity index is 1.74. The number of phenolic OH excluding ortho intramolecular Hbond substituents is 1. The van der Waals surface area contributed by atoms with Gasteiger partial charge in [-0.2, -0.15) is 0 Å². The molecule has 2 bridgehead atoms. The summed E-state index contributed by atoms with van der Waals surface area (Å²) in [5.41, 5.74) is 0.994. The Labute approximate surface area is 140 Å². The van der Waals surface area contributed by atoms with Gasteiger partial charge in [0.1, 0.15) is 5.75 Å². The third-order valence-corrected chi connectivity index (χ3v) is 5.70. The van der Waals surface area contributed by atoms with E-state index in [1.807, 2.05) is 6.08 Å². The zero-order chi connectivity index (χ0) is 16.8. The summed E-state index contributed by atoms with van der Waals surface area (Å²) in [5.74, 6) is 1.16. The first kappa shape index (κ1) is 15.4. The van der Waals surface area contributed by atoms with Crippen molar-refractivity contribution in [3.8, 4) is 5.75 Å². The highest BCUT2D eigenvalue weighted by Crippen LogP contribution is 2.41. The lowest BCUT2D eigenvalue weighted by atomic mass is 9.73. The van der Waals surface area contributed by atoms with Gasteiger partial charge in [-0.25, -0.2) is 0 Å². The van der Waals surface area contributed by atoms with Gasteiger partial charge in [-0.3, -0.25) is 9.69 Å². The van der Waals surface area contributed by atoms with E-state index in [9.17, 15) is 15.0 Å². The number of rotatable bonds is 3. The van der Waals surface area contributed by atoms with Crippen molar-refractivity contribution in [2.75, 3.05) is 13.1 Å². The second-order valence-electron chi connectivity index (χ2n) is 7.01. The number of hydrogen-bond acceptors (Lipinski definition) is 4. The van der Waals surface area contributed by atoms with Crippen LogP contribution in [0.25, 0.3) is 10.9 Å². The maximum Gasteiger partial charge on any atom is 0.248 e. The molecule has 5 atom stereocenters. The highest BCUT2D eigenvalue weighted by atomic mass is 16.3. The summed E-state index contributed by atoms with van der Waals surface area (Å²) in [5, 5.41) is 21.5. The number of H-pyrrole nitrogens is 1. The van der Waals surface area contributed by atoms with E-state index < -0.39 is 6.10 Å². The molecule has 3 aliphatic heterocycles. The number of phenols is 1. The van der Waals surface area contributed by atoms with Gasteiger partial charge in [0.15, 0.2) is 0 Å². The molecule has 0 aliphatic carbocycles. The van der Waals surface area contributed by atoms with Gasteiger partial charge in [-0.1, -0.05) is 6.08 Å². The molecule has 126 valence electrons. The minimum atomic E-state index is -0.745. The van der Waals surface area contributed by atoms with E-state index in [4.69, 9.17) is 0 Å². The van der Waals surface area contributed by atoms with Crippen molar-refractivity contribution in [3.63, 3.8) is 0 Å². The highest BCUT2D eigenvalue weighted by molar-refractivity contribution is 5.83. The number of aromatic nitrogens is 1. The van der Waals surface area contributed by atoms with Gasteiger partial charge in [-0.15, -0.1) is 6.58 Å². The summed E-state index contributed by atoms with van der Waals surface area (Å²) >= 11 is 0. The molecule has 0 saturated carbocycles. The number of aliphatic hydroxyl groups excluding tert-OH is 1. The Morgan fingerprint density at radius 1 is 1.38 bits per heavy atom. The summed E-state index contributed by atoms with van der Waals surface area (Å²) in [6, 6.07) is 6.28. The van der Waals surface area contributed by atoms with Gasteiger partial charge >= 0.3 is 0 Å². The molecule has 3 saturated heterocycles. The minimum Gasteiger partial charge on any atom is -0.508 e. The van der Waals surface area contributed by atoms with Gasteiger partial charge in [0, 0.05) is 29.6 Å². The number of aromatic hydroxyl groups is 1. The van der Waals surface area contributed by atoms with Crippen molar-refractivity contribution in [2.45, 2.75) is 25.0 Å². The summed E-state index contributed by atoms with van der Waals surface area (Å²) in [6.45, 7) is 5.83. The molecule has 1 aromatic carbocycles. The van der Waals surface area contributed by atoms with Crippen LogP contribution >= 0.6 is 0 Å². The fraction of sp³-hybridized carbons (Fsp3) is 0.421. The summed E-state index contributed by atoms with van der Waals surface area (Å²) in [6.07, 6.45) is 3.33. The van der Waals surface area contributed by atoms with Crippen LogP contribution < -0.4 is 5.56 Å². The molecule has 3 fully saturated rings. The fourth-order valence-electron chi connectivity index (χ4n) is 4.43. The van der Waals surface area contributed by atoms with Crippen LogP contribution in [0.4, 0.5) is 0 Å². The molecular weight excluding hydrogens is 304 g/mol. The number of hydrogen-bond donors (Lipinski definition) is 3. The predicted molar refractivity (Wildman–Crippen MR) is 93.0 cm³/mol. The molecule has 24 heavy (non-hydrogen) atoms. The summed E-state index contributed by atoms with van der Waals surface area (Å²) < 4.78 is 0. The largest absolute Gasteiger partial charge is 0.508 e. The molecule has 1 aromatic heterocycles. The topological polar surface area (TPSA) is 76.6 Å². The molecule has 5 nitrogen and oxygen atoms in total. The molecule has 3 aliphatic rings. The van der Waals surface area contributed by atoms with E-state index in [0.717, 1.165) is 25.9 Å². The van der Waals surface area contributed by atoms with Crippen LogP contribution in [-0.4, -0.2) is 39.2 Å². The van der Waals surface area contributed by atoms with Crippen molar-refractivity contribution in [1.29, 1.82) is 0 Å². The van der Waals surface area contributed by atoms with Crippen LogP contribution in [0.5, 0.6) is 5.75 Å². The predicted octanol–water partition coefficient (Wildman–Crippen LogP) is 2.16. The Kier molecular flexibility index (Phi) is 3.70. The Morgan fingerprint density at radius 2 is 2.21 bits per heavy atom. The smallest absolute Gasteiger partial charge is 0.248 e. The molecular formula is C19H22N2O3. The third-order valence-electron chi connectivity index (χ3n) is 5.70. The zero-order valence-electron chi connectivity index (χ0n) is 13.5. The van der Waals surface area contributed by atoms with Crippen molar-refractivity contribution in [1.82, 2.24) is 9.88 Å². The number of benzene rings is 1. The zero-order valence-corrected chi connectivity index (χ0v) is 13.5. The molecule has 4 heterocycles. The molecule has 3 N–H and O–H groups in total. The number of nitrogens with one attached hydrogen (secondary N) is 1. The second-order valence-corrected chi connectivity index (χ2v) is 7.01. The summed E-state index contributed by atoms with van der Waals surface area (Å²) in [4.78, 5) is 17.1. The number of pyridine rings is 1. The van der Waals surface area contributed by atoms with E-state index in [0.29, 0.717) is 28.3 Å². The SMILES string of the molecule is C=C[C@H]1CN2CC[C@H]1C[C@H]2[C@H](O)c1cc(=O)[nH]c2ccc(O)cc12. The average Bonchev–Trinajstić information content (AvgIpc) is 2.61. The van der Waals surface area contributed by atoms with Gasteiger partial charge in [-0.05, 0) is 55.0 Å². The van der Waals surface area contributed by atoms with Crippen LogP contribution in [0.1, 0.15) is 24.5 Å². The van der Waals surface area contributed by atoms with Gasteiger partial charge < -0.3 is 15.2 Å². The molecule has 5 rings (SSSR count). The number of aliphatic hydroxyl groups is 1. The molecule has 0 spiro atoms. The highest BCUT2D eigenvalue weighted by Gasteiger charge is 2.42. The second kappa shape index (κ2) is 5.76. The minimum absolute atomic E-state index is 0.00676. The lowest BCUT2D eigenvalue weighted by Gasteiger charge is -2.50. The molecule has 5 heteroatoms. The lowest BCUT2D eigenvalue weighted by molar-refractivity contribution is -0.0445. The maximum atomic E-state index is 12.0. The fourth-order valence-corrected chi connectivity index (χ4v) is 4.43. The number of nitrogens with zero attached hydrogens (tertiary/aromatic N) is 1. The number of fused-ring (bicyclic) bond motifs is 4. The Bertz CT molecular complexity index is 844. The van der Waals surface area contributed by atoms with Crippen LogP contribution in [0.3, 0.4) is 0 Å². The van der Waals surface area contributed by atoms with Crippen molar-refractivity contribution < 1.29 is 10.2 Å². The van der Waals surface area contributed by atoms with E-state index in [-0.39, 0.29) is 17.4 Å². The molecule has 1 unspecified atom stereocenters. The van der Waals surface area contributed by atoms with Crippen LogP contribution in [-0.2, 0) is 0 Å². The molecule has 2 aromatic rings. The van der Waals surface area contributed by atoms with E-state index in [1.165, 1.54) is 12.1 Å². The van der Waals surface area contributed by atoms with Crippen LogP contribution in [0.2, 0.25) is 0 Å². The van der Waals surface area contributed by atoms with Gasteiger partial charge in [0.05, 0.1) is 6.10 Å². The first-order chi connectivity index (χ1) is 11.6. The maximum absolute atomic E-state index is 12.0. The van der Waals surface area contributed by atoms with E-state index in [2.05, 4.69) is 16.5 Å². The quantitative estimate of drug-likeness (QED) is 0.756. The van der Waals surface area contributed by atoms with E-state index >= 15 is 0 Å². The van der Waals surface area contributed by atoms with Crippen LogP contribution in [0, 0.1) is 11.8 Å². The van der Waals surface area contributed by atoms with Gasteiger partial charge in [0.2, 0.25) is 5.56 Å². The standard InChI is InChI=1S/C19H22N2O3/c1-2-11-10-21-6-5-12(11)7-17(21)19(24)15-9-18(23)20-16-4-3-13(22)8-14(15)16/h2-4,8-9,11-12,17,19,22,24H,1,5-7,10H2,(H,20,23)/t11-,12-,17-,19+/m0/s1. The third kappa shape index (κ3) is 2.44. The van der Waals surface area contributed by atoms with Crippen molar-refractivity contribution >= 4 is 10.9 Å². The molecule has 0 amide bonds. The normalized spacial score (nSPS) is 30.4. The van der Waals surface area contributed by atoms with Crippen LogP contribution in [0.15, 0.2) is 41.7 Å². The Morgan fingerprint density at radius 3 is 2.92 bits per heavy atom. The average molecular weight is 326 g/mol. The summed E-state index contributed by atoms with van der Waals surface area (Å²) in [7, 11) is 0. The number of aromatic amines is 1.